The van der Waals surface area contributed by atoms with Crippen molar-refractivity contribution in [3.8, 4) is 11.3 Å². The van der Waals surface area contributed by atoms with Gasteiger partial charge < -0.3 is 20.4 Å². The number of carbonyl (C=O) groups is 2. The highest BCUT2D eigenvalue weighted by atomic mass is 19.4. The van der Waals surface area contributed by atoms with Gasteiger partial charge in [-0.15, -0.1) is 0 Å². The van der Waals surface area contributed by atoms with Gasteiger partial charge in [0.2, 0.25) is 5.91 Å². The van der Waals surface area contributed by atoms with Gasteiger partial charge in [-0.3, -0.25) is 14.6 Å². The summed E-state index contributed by atoms with van der Waals surface area (Å²) >= 11 is 0. The Morgan fingerprint density at radius 1 is 1.07 bits per heavy atom. The smallest absolute Gasteiger partial charge is 0.420 e. The maximum absolute atomic E-state index is 14.0. The number of alkyl halides is 3. The molecule has 3 N–H and O–H groups in total. The highest BCUT2D eigenvalue weighted by Crippen LogP contribution is 2.45. The number of nitrogens with two attached hydrogens (primary N) is 1. The lowest BCUT2D eigenvalue weighted by molar-refractivity contribution is -0.136. The molecule has 2 fully saturated rings. The number of likely N-dealkylation sites (tertiary alicyclic amines) is 1. The van der Waals surface area contributed by atoms with Crippen LogP contribution in [0, 0.1) is 11.8 Å². The van der Waals surface area contributed by atoms with Crippen molar-refractivity contribution in [2.24, 2.45) is 11.8 Å². The number of fused-ring (bicyclic) bond motifs is 2. The van der Waals surface area contributed by atoms with Gasteiger partial charge in [0.05, 0.1) is 23.4 Å². The maximum atomic E-state index is 14.0. The Morgan fingerprint density at radius 3 is 2.55 bits per heavy atom. The third kappa shape index (κ3) is 5.27. The van der Waals surface area contributed by atoms with Crippen molar-refractivity contribution in [3.05, 3.63) is 83.4 Å². The molecular weight excluding hydrogens is 523 g/mol. The first-order chi connectivity index (χ1) is 19.1. The molecule has 204 valence electrons. The van der Waals surface area contributed by atoms with Crippen LogP contribution in [-0.2, 0) is 17.5 Å². The molecule has 2 aliphatic rings. The van der Waals surface area contributed by atoms with E-state index in [-0.39, 0.29) is 34.7 Å². The first-order valence-corrected chi connectivity index (χ1v) is 12.7. The summed E-state index contributed by atoms with van der Waals surface area (Å²) < 4.78 is 47.4. The summed E-state index contributed by atoms with van der Waals surface area (Å²) in [6.45, 7) is 1.38. The Morgan fingerprint density at radius 2 is 1.88 bits per heavy atom. The van der Waals surface area contributed by atoms with Crippen LogP contribution < -0.4 is 11.1 Å². The molecule has 1 aromatic carbocycles. The van der Waals surface area contributed by atoms with E-state index in [1.165, 1.54) is 37.0 Å². The van der Waals surface area contributed by atoms with E-state index >= 15 is 0 Å². The maximum Gasteiger partial charge on any atom is 0.420 e. The van der Waals surface area contributed by atoms with Crippen LogP contribution in [0.25, 0.3) is 28.3 Å². The van der Waals surface area contributed by atoms with E-state index < -0.39 is 17.6 Å². The molecule has 1 aliphatic heterocycles. The normalized spacial score (nSPS) is 18.3. The number of rotatable bonds is 6. The summed E-state index contributed by atoms with van der Waals surface area (Å²) in [7, 11) is 0. The van der Waals surface area contributed by atoms with Crippen molar-refractivity contribution < 1.29 is 27.2 Å². The van der Waals surface area contributed by atoms with E-state index in [2.05, 4.69) is 15.3 Å². The zero-order valence-corrected chi connectivity index (χ0v) is 21.1. The third-order valence-electron chi connectivity index (χ3n) is 7.22. The fourth-order valence-electron chi connectivity index (χ4n) is 5.01. The van der Waals surface area contributed by atoms with E-state index in [4.69, 9.17) is 10.2 Å². The van der Waals surface area contributed by atoms with Crippen molar-refractivity contribution in [3.63, 3.8) is 0 Å². The lowest BCUT2D eigenvalue weighted by atomic mass is 10.0. The number of hydrogen-bond donors (Lipinski definition) is 2. The number of pyridine rings is 2. The van der Waals surface area contributed by atoms with Crippen LogP contribution in [0.4, 0.5) is 19.0 Å². The summed E-state index contributed by atoms with van der Waals surface area (Å²) in [5, 5.41) is 2.82. The van der Waals surface area contributed by atoms with Gasteiger partial charge in [0.25, 0.3) is 5.91 Å². The number of anilines is 1. The number of carbonyl (C=O) groups excluding carboxylic acids is 2. The Bertz CT molecular complexity index is 1620. The molecular formula is C29H24F3N5O3. The summed E-state index contributed by atoms with van der Waals surface area (Å²) in [5.74, 6) is 1.13. The van der Waals surface area contributed by atoms with Crippen molar-refractivity contribution in [1.82, 2.24) is 20.2 Å². The van der Waals surface area contributed by atoms with Gasteiger partial charge in [-0.05, 0) is 72.4 Å². The fraction of sp³-hybridized carbons (Fsp3) is 0.241. The number of nitrogens with one attached hydrogen (secondary N) is 1. The number of piperidine rings is 1. The van der Waals surface area contributed by atoms with Gasteiger partial charge in [-0.2, -0.15) is 13.2 Å². The average molecular weight is 548 g/mol. The molecule has 4 aromatic rings. The molecule has 1 saturated carbocycles. The number of halogens is 3. The number of hydrogen-bond acceptors (Lipinski definition) is 6. The Hall–Kier alpha value is -4.67. The molecule has 2 amide bonds. The van der Waals surface area contributed by atoms with Gasteiger partial charge in [0.15, 0.2) is 0 Å². The highest BCUT2D eigenvalue weighted by Gasteiger charge is 2.46. The number of furan rings is 1. The van der Waals surface area contributed by atoms with Gasteiger partial charge in [0.1, 0.15) is 17.2 Å². The molecule has 4 heterocycles. The minimum absolute atomic E-state index is 0.112. The number of amides is 2. The van der Waals surface area contributed by atoms with Gasteiger partial charge in [0, 0.05) is 42.5 Å². The van der Waals surface area contributed by atoms with Crippen molar-refractivity contribution in [2.75, 3.05) is 18.8 Å². The van der Waals surface area contributed by atoms with Crippen LogP contribution in [0.15, 0.2) is 65.4 Å². The van der Waals surface area contributed by atoms with Crippen LogP contribution in [0.1, 0.15) is 33.7 Å². The minimum atomic E-state index is -4.69. The second-order valence-electron chi connectivity index (χ2n) is 10.1. The first-order valence-electron chi connectivity index (χ1n) is 12.7. The Balaban J connectivity index is 1.20. The van der Waals surface area contributed by atoms with E-state index in [0.717, 1.165) is 19.2 Å². The molecule has 1 aliphatic carbocycles. The molecule has 40 heavy (non-hydrogen) atoms. The molecule has 8 nitrogen and oxygen atoms in total. The number of benzene rings is 1. The predicted octanol–water partition coefficient (Wildman–Crippen LogP) is 4.91. The molecule has 3 aromatic heterocycles. The van der Waals surface area contributed by atoms with Crippen molar-refractivity contribution in [2.45, 2.75) is 19.1 Å². The largest absolute Gasteiger partial charge is 0.459 e. The molecule has 0 radical (unpaired) electrons. The van der Waals surface area contributed by atoms with Gasteiger partial charge in [-0.25, -0.2) is 4.98 Å². The van der Waals surface area contributed by atoms with E-state index in [0.29, 0.717) is 34.5 Å². The molecule has 0 spiro atoms. The SMILES string of the molecule is Nc1ccc(/C=C/C(=O)NCc2cc3cc(-c4ccc(C(=O)N5CC6CC6C5)cn4)cc(C(F)(F)F)c3o2)cn1. The lowest BCUT2D eigenvalue weighted by Crippen LogP contribution is -2.30. The quantitative estimate of drug-likeness (QED) is 0.332. The number of nitrogens with zero attached hydrogens (tertiary/aromatic N) is 3. The number of nitrogen functional groups attached to an aromatic ring is 1. The topological polar surface area (TPSA) is 114 Å². The molecule has 1 saturated heterocycles. The summed E-state index contributed by atoms with van der Waals surface area (Å²) in [5.41, 5.74) is 5.85. The van der Waals surface area contributed by atoms with Crippen LogP contribution >= 0.6 is 0 Å². The molecule has 2 unspecified atom stereocenters. The Labute approximate surface area is 226 Å². The van der Waals surface area contributed by atoms with Crippen molar-refractivity contribution in [1.29, 1.82) is 0 Å². The van der Waals surface area contributed by atoms with Crippen LogP contribution in [-0.4, -0.2) is 39.8 Å². The van der Waals surface area contributed by atoms with E-state index in [1.807, 2.05) is 0 Å². The molecule has 11 heteroatoms. The van der Waals surface area contributed by atoms with Crippen molar-refractivity contribution >= 4 is 34.7 Å². The van der Waals surface area contributed by atoms with Gasteiger partial charge >= 0.3 is 6.18 Å². The summed E-state index contributed by atoms with van der Waals surface area (Å²) in [4.78, 5) is 35.0. The Kier molecular flexibility index (Phi) is 6.28. The van der Waals surface area contributed by atoms with E-state index in [9.17, 15) is 22.8 Å². The highest BCUT2D eigenvalue weighted by molar-refractivity contribution is 5.95. The van der Waals surface area contributed by atoms with Gasteiger partial charge in [-0.1, -0.05) is 0 Å². The molecule has 0 bridgehead atoms. The summed E-state index contributed by atoms with van der Waals surface area (Å²) in [6.07, 6.45) is 2.21. The molecule has 6 rings (SSSR count). The first kappa shape index (κ1) is 25.6. The number of aromatic nitrogens is 2. The zero-order chi connectivity index (χ0) is 28.0. The lowest BCUT2D eigenvalue weighted by Gasteiger charge is -2.17. The molecule has 2 atom stereocenters. The summed E-state index contributed by atoms with van der Waals surface area (Å²) in [6, 6.07) is 10.4. The van der Waals surface area contributed by atoms with Crippen LogP contribution in [0.5, 0.6) is 0 Å². The van der Waals surface area contributed by atoms with Crippen LogP contribution in [0.2, 0.25) is 0 Å². The predicted molar refractivity (Wildman–Crippen MR) is 141 cm³/mol. The minimum Gasteiger partial charge on any atom is -0.459 e. The fourth-order valence-corrected chi connectivity index (χ4v) is 5.01. The standard InChI is InChI=1S/C29H24F3N5O3/c30-29(31,32)23-10-18(24-4-3-17(12-34-24)28(39)37-14-20-8-21(20)15-37)7-19-9-22(40-27(19)23)13-36-26(38)6-2-16-1-5-25(33)35-11-16/h1-7,9-12,20-21H,8,13-15H2,(H2,33,35)(H,36,38)/b6-2+. The van der Waals surface area contributed by atoms with E-state index in [1.54, 1.807) is 35.2 Å². The van der Waals surface area contributed by atoms with Crippen LogP contribution in [0.3, 0.4) is 0 Å². The second-order valence-corrected chi connectivity index (χ2v) is 10.1. The third-order valence-corrected chi connectivity index (χ3v) is 7.22. The second kappa shape index (κ2) is 9.82. The monoisotopic (exact) mass is 547 g/mol. The zero-order valence-electron chi connectivity index (χ0n) is 21.1. The average Bonchev–Trinajstić information content (AvgIpc) is 3.33.